The van der Waals surface area contributed by atoms with Crippen molar-refractivity contribution in [1.29, 1.82) is 0 Å². The zero-order valence-corrected chi connectivity index (χ0v) is 7.58. The Morgan fingerprint density at radius 3 is 2.67 bits per heavy atom. The molecule has 0 fully saturated rings. The van der Waals surface area contributed by atoms with E-state index >= 15 is 0 Å². The highest BCUT2D eigenvalue weighted by Gasteiger charge is 2.06. The van der Waals surface area contributed by atoms with Crippen LogP contribution < -0.4 is 5.73 Å². The van der Waals surface area contributed by atoms with E-state index in [-0.39, 0.29) is 6.10 Å². The third-order valence-corrected chi connectivity index (χ3v) is 1.85. The second-order valence-electron chi connectivity index (χ2n) is 2.73. The molecule has 1 aromatic rings. The van der Waals surface area contributed by atoms with Crippen LogP contribution in [0.1, 0.15) is 25.5 Å². The van der Waals surface area contributed by atoms with Gasteiger partial charge in [0, 0.05) is 17.9 Å². The van der Waals surface area contributed by atoms with Gasteiger partial charge in [0.15, 0.2) is 0 Å². The summed E-state index contributed by atoms with van der Waals surface area (Å²) in [4.78, 5) is 0. The summed E-state index contributed by atoms with van der Waals surface area (Å²) in [6, 6.07) is 7.79. The minimum absolute atomic E-state index is 0.0937. The van der Waals surface area contributed by atoms with Gasteiger partial charge in [-0.05, 0) is 19.9 Å². The van der Waals surface area contributed by atoms with Crippen molar-refractivity contribution < 1.29 is 4.74 Å². The molecule has 0 aliphatic carbocycles. The molecular formula is C10H15NO. The Kier molecular flexibility index (Phi) is 3.11. The predicted molar refractivity (Wildman–Crippen MR) is 50.9 cm³/mol. The molecule has 0 saturated heterocycles. The van der Waals surface area contributed by atoms with Crippen molar-refractivity contribution in [2.24, 2.45) is 0 Å². The summed E-state index contributed by atoms with van der Waals surface area (Å²) in [6.07, 6.45) is 0.0937. The quantitative estimate of drug-likeness (QED) is 0.698. The summed E-state index contributed by atoms with van der Waals surface area (Å²) in [6.45, 7) is 4.71. The van der Waals surface area contributed by atoms with Crippen LogP contribution >= 0.6 is 0 Å². The maximum Gasteiger partial charge on any atom is 0.0816 e. The Labute approximate surface area is 73.3 Å². The van der Waals surface area contributed by atoms with E-state index in [2.05, 4.69) is 0 Å². The van der Waals surface area contributed by atoms with Gasteiger partial charge >= 0.3 is 0 Å². The fourth-order valence-electron chi connectivity index (χ4n) is 1.22. The number of anilines is 1. The van der Waals surface area contributed by atoms with Crippen molar-refractivity contribution in [3.05, 3.63) is 29.8 Å². The largest absolute Gasteiger partial charge is 0.398 e. The lowest BCUT2D eigenvalue weighted by atomic mass is 10.1. The molecule has 0 heterocycles. The van der Waals surface area contributed by atoms with E-state index in [0.717, 1.165) is 17.9 Å². The average Bonchev–Trinajstić information content (AvgIpc) is 2.05. The molecule has 0 amide bonds. The summed E-state index contributed by atoms with van der Waals surface area (Å²) >= 11 is 0. The van der Waals surface area contributed by atoms with E-state index in [0.29, 0.717) is 0 Å². The fourth-order valence-corrected chi connectivity index (χ4v) is 1.22. The van der Waals surface area contributed by atoms with E-state index in [1.807, 2.05) is 38.1 Å². The highest BCUT2D eigenvalue weighted by molar-refractivity contribution is 5.47. The molecule has 2 nitrogen and oxygen atoms in total. The molecule has 0 radical (unpaired) electrons. The first kappa shape index (κ1) is 9.07. The average molecular weight is 165 g/mol. The Bertz CT molecular complexity index is 247. The van der Waals surface area contributed by atoms with Gasteiger partial charge in [0.1, 0.15) is 0 Å². The number of hydrogen-bond donors (Lipinski definition) is 1. The molecule has 1 atom stereocenters. The SMILES string of the molecule is CCOC(C)c1ccccc1N. The molecule has 1 rings (SSSR count). The van der Waals surface area contributed by atoms with Gasteiger partial charge in [-0.15, -0.1) is 0 Å². The van der Waals surface area contributed by atoms with Gasteiger partial charge in [0.05, 0.1) is 6.10 Å². The van der Waals surface area contributed by atoms with Gasteiger partial charge in [-0.3, -0.25) is 0 Å². The second kappa shape index (κ2) is 4.12. The lowest BCUT2D eigenvalue weighted by Gasteiger charge is -2.13. The maximum absolute atomic E-state index is 5.77. The molecule has 12 heavy (non-hydrogen) atoms. The molecule has 66 valence electrons. The van der Waals surface area contributed by atoms with Crippen LogP contribution in [-0.2, 0) is 4.74 Å². The summed E-state index contributed by atoms with van der Waals surface area (Å²) < 4.78 is 5.43. The first-order valence-electron chi connectivity index (χ1n) is 4.21. The van der Waals surface area contributed by atoms with Gasteiger partial charge in [-0.1, -0.05) is 18.2 Å². The van der Waals surface area contributed by atoms with Gasteiger partial charge in [0.2, 0.25) is 0 Å². The number of hydrogen-bond acceptors (Lipinski definition) is 2. The van der Waals surface area contributed by atoms with Crippen LogP contribution in [0.4, 0.5) is 5.69 Å². The summed E-state index contributed by atoms with van der Waals surface area (Å²) in [7, 11) is 0. The van der Waals surface area contributed by atoms with Crippen molar-refractivity contribution in [3.8, 4) is 0 Å². The topological polar surface area (TPSA) is 35.2 Å². The number of ether oxygens (including phenoxy) is 1. The number of para-hydroxylation sites is 1. The van der Waals surface area contributed by atoms with E-state index in [1.54, 1.807) is 0 Å². The van der Waals surface area contributed by atoms with Crippen LogP contribution in [0.5, 0.6) is 0 Å². The van der Waals surface area contributed by atoms with Gasteiger partial charge in [-0.25, -0.2) is 0 Å². The van der Waals surface area contributed by atoms with Crippen molar-refractivity contribution in [2.45, 2.75) is 20.0 Å². The highest BCUT2D eigenvalue weighted by Crippen LogP contribution is 2.22. The van der Waals surface area contributed by atoms with Crippen molar-refractivity contribution >= 4 is 5.69 Å². The molecule has 2 N–H and O–H groups in total. The summed E-state index contributed by atoms with van der Waals surface area (Å²) in [5.41, 5.74) is 7.64. The molecule has 0 bridgehead atoms. The molecular weight excluding hydrogens is 150 g/mol. The third-order valence-electron chi connectivity index (χ3n) is 1.85. The molecule has 0 aliphatic heterocycles. The predicted octanol–water partition coefficient (Wildman–Crippen LogP) is 2.37. The van der Waals surface area contributed by atoms with Crippen LogP contribution in [0.15, 0.2) is 24.3 Å². The van der Waals surface area contributed by atoms with Crippen LogP contribution in [-0.4, -0.2) is 6.61 Å². The van der Waals surface area contributed by atoms with Crippen LogP contribution in [0.25, 0.3) is 0 Å². The van der Waals surface area contributed by atoms with Gasteiger partial charge < -0.3 is 10.5 Å². The Morgan fingerprint density at radius 1 is 1.42 bits per heavy atom. The number of rotatable bonds is 3. The van der Waals surface area contributed by atoms with Crippen LogP contribution in [0, 0.1) is 0 Å². The van der Waals surface area contributed by atoms with E-state index in [1.165, 1.54) is 0 Å². The highest BCUT2D eigenvalue weighted by atomic mass is 16.5. The fraction of sp³-hybridized carbons (Fsp3) is 0.400. The number of benzene rings is 1. The Morgan fingerprint density at radius 2 is 2.08 bits per heavy atom. The van der Waals surface area contributed by atoms with Crippen molar-refractivity contribution in [3.63, 3.8) is 0 Å². The van der Waals surface area contributed by atoms with E-state index in [9.17, 15) is 0 Å². The normalized spacial score (nSPS) is 12.8. The lowest BCUT2D eigenvalue weighted by molar-refractivity contribution is 0.0769. The van der Waals surface area contributed by atoms with E-state index < -0.39 is 0 Å². The van der Waals surface area contributed by atoms with E-state index in [4.69, 9.17) is 10.5 Å². The zero-order chi connectivity index (χ0) is 8.97. The minimum Gasteiger partial charge on any atom is -0.398 e. The molecule has 0 aliphatic rings. The standard InChI is InChI=1S/C10H15NO/c1-3-12-8(2)9-6-4-5-7-10(9)11/h4-8H,3,11H2,1-2H3. The molecule has 2 heteroatoms. The first-order valence-corrected chi connectivity index (χ1v) is 4.21. The van der Waals surface area contributed by atoms with Crippen molar-refractivity contribution in [1.82, 2.24) is 0 Å². The van der Waals surface area contributed by atoms with Gasteiger partial charge in [0.25, 0.3) is 0 Å². The lowest BCUT2D eigenvalue weighted by Crippen LogP contribution is -2.02. The molecule has 0 saturated carbocycles. The molecule has 1 unspecified atom stereocenters. The molecule has 0 aromatic heterocycles. The molecule has 1 aromatic carbocycles. The Hall–Kier alpha value is -1.02. The summed E-state index contributed by atoms with van der Waals surface area (Å²) in [5.74, 6) is 0. The zero-order valence-electron chi connectivity index (χ0n) is 7.58. The maximum atomic E-state index is 5.77. The minimum atomic E-state index is 0.0937. The third kappa shape index (κ3) is 1.98. The smallest absolute Gasteiger partial charge is 0.0816 e. The first-order chi connectivity index (χ1) is 5.75. The van der Waals surface area contributed by atoms with Crippen LogP contribution in [0.2, 0.25) is 0 Å². The second-order valence-corrected chi connectivity index (χ2v) is 2.73. The van der Waals surface area contributed by atoms with Crippen molar-refractivity contribution in [2.75, 3.05) is 12.3 Å². The van der Waals surface area contributed by atoms with Crippen LogP contribution in [0.3, 0.4) is 0 Å². The van der Waals surface area contributed by atoms with Gasteiger partial charge in [-0.2, -0.15) is 0 Å². The number of nitrogens with two attached hydrogens (primary N) is 1. The number of nitrogen functional groups attached to an aromatic ring is 1. The molecule has 0 spiro atoms. The summed E-state index contributed by atoms with van der Waals surface area (Å²) in [5, 5.41) is 0. The Balaban J connectivity index is 2.79. The monoisotopic (exact) mass is 165 g/mol.